The SMILES string of the molecule is Cc1ccc2c(sc3c(F)c(CCC4CC4)ccc32)c1F. The summed E-state index contributed by atoms with van der Waals surface area (Å²) >= 11 is 1.24. The highest BCUT2D eigenvalue weighted by molar-refractivity contribution is 7.25. The van der Waals surface area contributed by atoms with Crippen molar-refractivity contribution in [1.29, 1.82) is 0 Å². The van der Waals surface area contributed by atoms with E-state index in [0.717, 1.165) is 35.1 Å². The van der Waals surface area contributed by atoms with Gasteiger partial charge in [0.2, 0.25) is 0 Å². The summed E-state index contributed by atoms with van der Waals surface area (Å²) in [7, 11) is 0. The molecular weight excluding hydrogens is 286 g/mol. The normalized spacial score (nSPS) is 15.2. The highest BCUT2D eigenvalue weighted by Crippen LogP contribution is 2.39. The molecule has 0 aliphatic heterocycles. The minimum absolute atomic E-state index is 0.147. The van der Waals surface area contributed by atoms with Crippen molar-refractivity contribution in [2.75, 3.05) is 0 Å². The highest BCUT2D eigenvalue weighted by atomic mass is 32.1. The van der Waals surface area contributed by atoms with Crippen LogP contribution in [0.25, 0.3) is 20.2 Å². The van der Waals surface area contributed by atoms with Crippen LogP contribution in [0.4, 0.5) is 8.78 Å². The van der Waals surface area contributed by atoms with Gasteiger partial charge >= 0.3 is 0 Å². The molecule has 0 amide bonds. The minimum atomic E-state index is -0.215. The van der Waals surface area contributed by atoms with Crippen LogP contribution in [0.1, 0.15) is 30.4 Å². The Morgan fingerprint density at radius 1 is 1.00 bits per heavy atom. The van der Waals surface area contributed by atoms with Gasteiger partial charge in [0.25, 0.3) is 0 Å². The molecule has 108 valence electrons. The third-order valence-corrected chi connectivity index (χ3v) is 5.69. The number of hydrogen-bond acceptors (Lipinski definition) is 1. The second-order valence-electron chi connectivity index (χ2n) is 6.07. The van der Waals surface area contributed by atoms with Gasteiger partial charge in [0.05, 0.1) is 9.40 Å². The second kappa shape index (κ2) is 4.77. The van der Waals surface area contributed by atoms with Crippen LogP contribution in [0.5, 0.6) is 0 Å². The maximum Gasteiger partial charge on any atom is 0.144 e. The van der Waals surface area contributed by atoms with E-state index in [0.29, 0.717) is 15.0 Å². The molecule has 21 heavy (non-hydrogen) atoms. The number of rotatable bonds is 3. The Balaban J connectivity index is 1.88. The van der Waals surface area contributed by atoms with Gasteiger partial charge in [0, 0.05) is 10.8 Å². The van der Waals surface area contributed by atoms with Crippen molar-refractivity contribution < 1.29 is 8.78 Å². The van der Waals surface area contributed by atoms with E-state index in [1.54, 1.807) is 13.0 Å². The Bertz CT molecular complexity index is 843. The van der Waals surface area contributed by atoms with Crippen molar-refractivity contribution in [3.05, 3.63) is 47.0 Å². The lowest BCUT2D eigenvalue weighted by atomic mass is 10.0. The smallest absolute Gasteiger partial charge is 0.144 e. The molecule has 1 aliphatic carbocycles. The van der Waals surface area contributed by atoms with E-state index in [4.69, 9.17) is 0 Å². The van der Waals surface area contributed by atoms with Crippen LogP contribution in [-0.4, -0.2) is 0 Å². The predicted octanol–water partition coefficient (Wildman–Crippen LogP) is 5.98. The molecule has 1 saturated carbocycles. The van der Waals surface area contributed by atoms with Gasteiger partial charge in [0.15, 0.2) is 0 Å². The van der Waals surface area contributed by atoms with E-state index < -0.39 is 0 Å². The monoisotopic (exact) mass is 302 g/mol. The average molecular weight is 302 g/mol. The number of benzene rings is 2. The topological polar surface area (TPSA) is 0 Å². The van der Waals surface area contributed by atoms with Gasteiger partial charge in [-0.1, -0.05) is 37.1 Å². The molecule has 3 aromatic rings. The number of fused-ring (bicyclic) bond motifs is 3. The fraction of sp³-hybridized carbons (Fsp3) is 0.333. The van der Waals surface area contributed by atoms with Crippen LogP contribution in [0.3, 0.4) is 0 Å². The van der Waals surface area contributed by atoms with Crippen LogP contribution in [0, 0.1) is 24.5 Å². The number of thiophene rings is 1. The average Bonchev–Trinajstić information content (AvgIpc) is 3.22. The fourth-order valence-corrected chi connectivity index (χ4v) is 4.19. The van der Waals surface area contributed by atoms with Crippen molar-refractivity contribution in [2.24, 2.45) is 5.92 Å². The molecule has 0 nitrogen and oxygen atoms in total. The van der Waals surface area contributed by atoms with Crippen LogP contribution in [-0.2, 0) is 6.42 Å². The molecule has 4 rings (SSSR count). The van der Waals surface area contributed by atoms with Crippen molar-refractivity contribution in [3.8, 4) is 0 Å². The van der Waals surface area contributed by atoms with Gasteiger partial charge in [-0.2, -0.15) is 0 Å². The summed E-state index contributed by atoms with van der Waals surface area (Å²) in [4.78, 5) is 0. The quantitative estimate of drug-likeness (QED) is 0.558. The van der Waals surface area contributed by atoms with Crippen LogP contribution >= 0.6 is 11.3 Å². The lowest BCUT2D eigenvalue weighted by Gasteiger charge is -2.03. The van der Waals surface area contributed by atoms with Gasteiger partial charge in [-0.15, -0.1) is 11.3 Å². The van der Waals surface area contributed by atoms with E-state index in [2.05, 4.69) is 0 Å². The van der Waals surface area contributed by atoms with Crippen molar-refractivity contribution in [3.63, 3.8) is 0 Å². The largest absolute Gasteiger partial charge is 0.205 e. The van der Waals surface area contributed by atoms with E-state index in [-0.39, 0.29) is 11.6 Å². The van der Waals surface area contributed by atoms with E-state index in [1.807, 2.05) is 18.2 Å². The lowest BCUT2D eigenvalue weighted by Crippen LogP contribution is -1.91. The molecule has 1 heterocycles. The van der Waals surface area contributed by atoms with Gasteiger partial charge in [0.1, 0.15) is 11.6 Å². The molecule has 1 aliphatic rings. The zero-order valence-electron chi connectivity index (χ0n) is 11.9. The summed E-state index contributed by atoms with van der Waals surface area (Å²) in [6.45, 7) is 1.75. The predicted molar refractivity (Wildman–Crippen MR) is 85.0 cm³/mol. The summed E-state index contributed by atoms with van der Waals surface area (Å²) in [5.74, 6) is 0.432. The zero-order chi connectivity index (χ0) is 14.6. The van der Waals surface area contributed by atoms with Crippen LogP contribution in [0.2, 0.25) is 0 Å². The number of halogens is 2. The van der Waals surface area contributed by atoms with Crippen LogP contribution < -0.4 is 0 Å². The summed E-state index contributed by atoms with van der Waals surface area (Å²) in [5, 5.41) is 1.66. The maximum absolute atomic E-state index is 14.7. The lowest BCUT2D eigenvalue weighted by molar-refractivity contribution is 0.610. The molecule has 0 unspecified atom stereocenters. The van der Waals surface area contributed by atoms with Gasteiger partial charge in [-0.25, -0.2) is 8.78 Å². The standard InChI is InChI=1S/C18H16F2S/c1-10-2-8-13-14-9-7-12(6-5-11-3-4-11)16(20)18(14)21-17(13)15(10)19/h2,7-9,11H,3-6H2,1H3. The second-order valence-corrected chi connectivity index (χ2v) is 7.09. The molecule has 3 heteroatoms. The fourth-order valence-electron chi connectivity index (χ4n) is 2.94. The Morgan fingerprint density at radius 3 is 2.38 bits per heavy atom. The van der Waals surface area contributed by atoms with Crippen molar-refractivity contribution in [1.82, 2.24) is 0 Å². The number of aryl methyl sites for hydroxylation is 2. The molecule has 0 spiro atoms. The first kappa shape index (κ1) is 13.2. The summed E-state index contributed by atoms with van der Waals surface area (Å²) < 4.78 is 30.1. The van der Waals surface area contributed by atoms with E-state index in [1.165, 1.54) is 24.2 Å². The molecule has 1 fully saturated rings. The first-order valence-corrected chi connectivity index (χ1v) is 8.25. The third-order valence-electron chi connectivity index (χ3n) is 4.48. The zero-order valence-corrected chi connectivity index (χ0v) is 12.7. The van der Waals surface area contributed by atoms with E-state index >= 15 is 0 Å². The summed E-state index contributed by atoms with van der Waals surface area (Å²) in [6.07, 6.45) is 4.44. The van der Waals surface area contributed by atoms with Gasteiger partial charge in [-0.3, -0.25) is 0 Å². The molecule has 0 N–H and O–H groups in total. The molecular formula is C18H16F2S. The maximum atomic E-state index is 14.7. The van der Waals surface area contributed by atoms with Crippen molar-refractivity contribution >= 4 is 31.5 Å². The Kier molecular flexibility index (Phi) is 3.00. The van der Waals surface area contributed by atoms with Gasteiger partial charge < -0.3 is 0 Å². The Hall–Kier alpha value is -1.48. The highest BCUT2D eigenvalue weighted by Gasteiger charge is 2.22. The third kappa shape index (κ3) is 2.15. The van der Waals surface area contributed by atoms with Crippen molar-refractivity contribution in [2.45, 2.75) is 32.6 Å². The molecule has 0 atom stereocenters. The molecule has 0 radical (unpaired) electrons. The Morgan fingerprint density at radius 2 is 1.67 bits per heavy atom. The minimum Gasteiger partial charge on any atom is -0.205 e. The first-order chi connectivity index (χ1) is 10.1. The van der Waals surface area contributed by atoms with Gasteiger partial charge in [-0.05, 0) is 36.8 Å². The number of hydrogen-bond donors (Lipinski definition) is 0. The summed E-state index contributed by atoms with van der Waals surface area (Å²) in [6, 6.07) is 7.50. The molecule has 1 aromatic heterocycles. The Labute approximate surface area is 126 Å². The molecule has 0 bridgehead atoms. The van der Waals surface area contributed by atoms with E-state index in [9.17, 15) is 8.78 Å². The molecule has 0 saturated heterocycles. The summed E-state index contributed by atoms with van der Waals surface area (Å²) in [5.41, 5.74) is 1.39. The van der Waals surface area contributed by atoms with Crippen LogP contribution in [0.15, 0.2) is 24.3 Å². The molecule has 2 aromatic carbocycles. The first-order valence-electron chi connectivity index (χ1n) is 7.44.